The van der Waals surface area contributed by atoms with Crippen molar-refractivity contribution >= 4 is 18.2 Å². The van der Waals surface area contributed by atoms with E-state index in [-0.39, 0.29) is 30.0 Å². The van der Waals surface area contributed by atoms with Crippen LogP contribution in [0.25, 0.3) is 0 Å². The van der Waals surface area contributed by atoms with Gasteiger partial charge in [-0.15, -0.1) is 0 Å². The molecule has 0 fully saturated rings. The number of alkyl halides is 3. The summed E-state index contributed by atoms with van der Waals surface area (Å²) in [6.07, 6.45) is -3.12. The molecule has 0 saturated heterocycles. The third-order valence-electron chi connectivity index (χ3n) is 3.84. The highest BCUT2D eigenvalue weighted by Gasteiger charge is 2.33. The van der Waals surface area contributed by atoms with Crippen LogP contribution in [-0.4, -0.2) is 32.3 Å². The van der Waals surface area contributed by atoms with Crippen molar-refractivity contribution in [2.75, 3.05) is 5.32 Å². The second-order valence-electron chi connectivity index (χ2n) is 6.00. The maximum absolute atomic E-state index is 13.2. The van der Waals surface area contributed by atoms with Crippen molar-refractivity contribution in [1.82, 2.24) is 14.8 Å². The number of halogens is 3. The molecule has 3 aromatic rings. The van der Waals surface area contributed by atoms with E-state index in [0.29, 0.717) is 5.69 Å². The Morgan fingerprint density at radius 3 is 2.57 bits per heavy atom. The summed E-state index contributed by atoms with van der Waals surface area (Å²) in [4.78, 5) is 34.8. The molecule has 158 valence electrons. The summed E-state index contributed by atoms with van der Waals surface area (Å²) in [5.41, 5.74) is -0.507. The first kappa shape index (κ1) is 22.4. The zero-order chi connectivity index (χ0) is 22.3. The Labute approximate surface area is 168 Å². The smallest absolute Gasteiger partial charge is 0.416 e. The maximum atomic E-state index is 13.2. The van der Waals surface area contributed by atoms with Gasteiger partial charge in [-0.05, 0) is 24.6 Å². The predicted octanol–water partition coefficient (Wildman–Crippen LogP) is 2.90. The number of aromatic nitrogens is 3. The van der Waals surface area contributed by atoms with E-state index in [1.165, 1.54) is 41.2 Å². The minimum absolute atomic E-state index is 0.0243. The molecule has 3 rings (SSSR count). The number of nitrogens with one attached hydrogen (secondary N) is 2. The molecule has 3 N–H and O–H groups in total. The van der Waals surface area contributed by atoms with Crippen LogP contribution in [-0.2, 0) is 17.5 Å². The summed E-state index contributed by atoms with van der Waals surface area (Å²) in [6, 6.07) is 9.28. The van der Waals surface area contributed by atoms with Crippen LogP contribution in [0.15, 0.2) is 53.5 Å². The van der Waals surface area contributed by atoms with Gasteiger partial charge in [0.05, 0.1) is 18.3 Å². The molecule has 8 nitrogen and oxygen atoms in total. The number of carboxylic acid groups (broad SMARTS) is 1. The van der Waals surface area contributed by atoms with Crippen molar-refractivity contribution < 1.29 is 27.9 Å². The fourth-order valence-corrected chi connectivity index (χ4v) is 2.66. The summed E-state index contributed by atoms with van der Waals surface area (Å²) in [6.45, 7) is 1.21. The van der Waals surface area contributed by atoms with Crippen LogP contribution in [0.5, 0.6) is 0 Å². The highest BCUT2D eigenvalue weighted by molar-refractivity contribution is 6.03. The van der Waals surface area contributed by atoms with E-state index in [4.69, 9.17) is 9.90 Å². The lowest BCUT2D eigenvalue weighted by atomic mass is 10.1. The van der Waals surface area contributed by atoms with Crippen molar-refractivity contribution in [3.8, 4) is 0 Å². The van der Waals surface area contributed by atoms with Crippen molar-refractivity contribution in [2.24, 2.45) is 0 Å². The summed E-state index contributed by atoms with van der Waals surface area (Å²) >= 11 is 0. The van der Waals surface area contributed by atoms with Gasteiger partial charge in [-0.2, -0.15) is 18.3 Å². The van der Waals surface area contributed by atoms with E-state index in [0.717, 1.165) is 12.1 Å². The van der Waals surface area contributed by atoms with Gasteiger partial charge in [0, 0.05) is 23.4 Å². The largest absolute Gasteiger partial charge is 0.483 e. The number of amides is 1. The minimum Gasteiger partial charge on any atom is -0.483 e. The zero-order valence-corrected chi connectivity index (χ0v) is 15.6. The topological polar surface area (TPSA) is 117 Å². The normalized spacial score (nSPS) is 10.7. The van der Waals surface area contributed by atoms with Crippen molar-refractivity contribution in [2.45, 2.75) is 19.6 Å². The number of rotatable bonds is 4. The number of pyridine rings is 1. The van der Waals surface area contributed by atoms with E-state index in [2.05, 4.69) is 15.4 Å². The lowest BCUT2D eigenvalue weighted by molar-refractivity contribution is -0.138. The zero-order valence-electron chi connectivity index (χ0n) is 15.6. The molecular weight excluding hydrogens is 405 g/mol. The number of carbonyl (C=O) groups excluding carboxylic acids is 1. The molecule has 11 heteroatoms. The third-order valence-corrected chi connectivity index (χ3v) is 3.84. The summed E-state index contributed by atoms with van der Waals surface area (Å²) in [5, 5.41) is 13.4. The van der Waals surface area contributed by atoms with E-state index in [9.17, 15) is 22.8 Å². The molecule has 0 bridgehead atoms. The van der Waals surface area contributed by atoms with Crippen molar-refractivity contribution in [3.63, 3.8) is 0 Å². The Hall–Kier alpha value is -3.89. The number of aromatic amines is 1. The standard InChI is InChI=1S/C18H15F3N4O2.CH2O2/c1-11-8-13(9-16(26)23-11)17(27)24-15-6-7-22-25(15)10-12-4-2-3-5-14(12)18(19,20)21;2-1-3/h2-9H,10H2,1H3,(H,23,26)(H,24,27);1H,(H,2,3). The van der Waals surface area contributed by atoms with Gasteiger partial charge < -0.3 is 15.4 Å². The first-order valence-electron chi connectivity index (χ1n) is 8.42. The average Bonchev–Trinajstić information content (AvgIpc) is 3.08. The van der Waals surface area contributed by atoms with Crippen molar-refractivity contribution in [1.29, 1.82) is 0 Å². The lowest BCUT2D eigenvalue weighted by Crippen LogP contribution is -2.19. The summed E-state index contributed by atoms with van der Waals surface area (Å²) < 4.78 is 40.7. The molecule has 2 heterocycles. The number of carbonyl (C=O) groups is 2. The molecule has 2 aromatic heterocycles. The average molecular weight is 422 g/mol. The number of hydrogen-bond acceptors (Lipinski definition) is 4. The lowest BCUT2D eigenvalue weighted by Gasteiger charge is -2.14. The van der Waals surface area contributed by atoms with Crippen LogP contribution in [0.3, 0.4) is 0 Å². The second kappa shape index (κ2) is 9.54. The van der Waals surface area contributed by atoms with Crippen LogP contribution in [0.4, 0.5) is 19.0 Å². The highest BCUT2D eigenvalue weighted by Crippen LogP contribution is 2.32. The predicted molar refractivity (Wildman–Crippen MR) is 101 cm³/mol. The molecule has 0 aliphatic heterocycles. The second-order valence-corrected chi connectivity index (χ2v) is 6.00. The van der Waals surface area contributed by atoms with E-state index < -0.39 is 23.2 Å². The van der Waals surface area contributed by atoms with Gasteiger partial charge in [0.1, 0.15) is 5.82 Å². The molecular formula is C19H17F3N4O4. The summed E-state index contributed by atoms with van der Waals surface area (Å²) in [7, 11) is 0. The molecule has 1 amide bonds. The van der Waals surface area contributed by atoms with Crippen molar-refractivity contribution in [3.05, 3.63) is 81.4 Å². The number of H-pyrrole nitrogens is 1. The van der Waals surface area contributed by atoms with Crippen LogP contribution >= 0.6 is 0 Å². The van der Waals surface area contributed by atoms with Crippen LogP contribution in [0.2, 0.25) is 0 Å². The number of aryl methyl sites for hydroxylation is 1. The van der Waals surface area contributed by atoms with E-state index >= 15 is 0 Å². The van der Waals surface area contributed by atoms with Gasteiger partial charge in [0.2, 0.25) is 5.56 Å². The van der Waals surface area contributed by atoms with Crippen LogP contribution in [0, 0.1) is 6.92 Å². The van der Waals surface area contributed by atoms with E-state index in [1.54, 1.807) is 6.92 Å². The highest BCUT2D eigenvalue weighted by atomic mass is 19.4. The van der Waals surface area contributed by atoms with Crippen LogP contribution in [0.1, 0.15) is 27.2 Å². The Bertz CT molecular complexity index is 1090. The Balaban J connectivity index is 0.00000101. The molecule has 0 unspecified atom stereocenters. The number of anilines is 1. The third kappa shape index (κ3) is 5.80. The van der Waals surface area contributed by atoms with E-state index in [1.807, 2.05) is 0 Å². The minimum atomic E-state index is -4.49. The molecule has 0 spiro atoms. The molecule has 0 aliphatic carbocycles. The first-order valence-corrected chi connectivity index (χ1v) is 8.42. The van der Waals surface area contributed by atoms with Gasteiger partial charge >= 0.3 is 6.18 Å². The molecule has 30 heavy (non-hydrogen) atoms. The maximum Gasteiger partial charge on any atom is 0.416 e. The van der Waals surface area contributed by atoms with Gasteiger partial charge in [-0.25, -0.2) is 4.68 Å². The fourth-order valence-electron chi connectivity index (χ4n) is 2.66. The van der Waals surface area contributed by atoms with Gasteiger partial charge in [-0.3, -0.25) is 14.4 Å². The first-order chi connectivity index (χ1) is 14.2. The number of hydrogen-bond donors (Lipinski definition) is 3. The quantitative estimate of drug-likeness (QED) is 0.559. The van der Waals surface area contributed by atoms with Gasteiger partial charge in [0.25, 0.3) is 12.4 Å². The fraction of sp³-hybridized carbons (Fsp3) is 0.158. The van der Waals surface area contributed by atoms with Gasteiger partial charge in [0.15, 0.2) is 0 Å². The molecule has 0 atom stereocenters. The molecule has 0 aliphatic rings. The monoisotopic (exact) mass is 422 g/mol. The Kier molecular flexibility index (Phi) is 7.13. The number of nitrogens with zero attached hydrogens (tertiary/aromatic N) is 2. The Morgan fingerprint density at radius 1 is 1.27 bits per heavy atom. The molecule has 1 aromatic carbocycles. The Morgan fingerprint density at radius 2 is 1.93 bits per heavy atom. The SMILES string of the molecule is Cc1cc(C(=O)Nc2ccnn2Cc2ccccc2C(F)(F)F)cc(=O)[nH]1.O=CO. The van der Waals surface area contributed by atoms with Gasteiger partial charge in [-0.1, -0.05) is 18.2 Å². The molecule has 0 radical (unpaired) electrons. The number of benzene rings is 1. The molecule has 0 saturated carbocycles. The summed E-state index contributed by atoms with van der Waals surface area (Å²) in [5.74, 6) is -0.343. The van der Waals surface area contributed by atoms with Crippen LogP contribution < -0.4 is 10.9 Å².